The molecule has 6 heteroatoms. The van der Waals surface area contributed by atoms with Gasteiger partial charge < -0.3 is 15.2 Å². The molecule has 0 aromatic heterocycles. The number of amides is 1. The second kappa shape index (κ2) is 6.66. The summed E-state index contributed by atoms with van der Waals surface area (Å²) in [4.78, 5) is 12.1. The van der Waals surface area contributed by atoms with E-state index in [-0.39, 0.29) is 12.0 Å². The van der Waals surface area contributed by atoms with E-state index in [0.717, 1.165) is 19.3 Å². The number of benzene rings is 1. The number of hydrogen-bond acceptors (Lipinski definition) is 3. The van der Waals surface area contributed by atoms with Crippen molar-refractivity contribution in [2.75, 3.05) is 13.7 Å². The summed E-state index contributed by atoms with van der Waals surface area (Å²) in [6.07, 6.45) is 2.25. The molecular formula is C14H17Cl2NO3. The first-order chi connectivity index (χ1) is 9.51. The maximum atomic E-state index is 12.1. The molecule has 1 amide bonds. The van der Waals surface area contributed by atoms with Gasteiger partial charge in [-0.1, -0.05) is 23.2 Å². The van der Waals surface area contributed by atoms with Crippen molar-refractivity contribution in [3.8, 4) is 5.75 Å². The Bertz CT molecular complexity index is 484. The second-order valence-corrected chi connectivity index (χ2v) is 5.83. The molecule has 0 aliphatic heterocycles. The minimum Gasteiger partial charge on any atom is -0.494 e. The summed E-state index contributed by atoms with van der Waals surface area (Å²) in [5, 5.41) is 12.9. The summed E-state index contributed by atoms with van der Waals surface area (Å²) >= 11 is 12.0. The van der Waals surface area contributed by atoms with Crippen LogP contribution in [0, 0.1) is 5.92 Å². The number of nitrogens with one attached hydrogen (secondary N) is 1. The van der Waals surface area contributed by atoms with Gasteiger partial charge in [0.05, 0.1) is 23.3 Å². The van der Waals surface area contributed by atoms with Crippen LogP contribution in [0.25, 0.3) is 0 Å². The van der Waals surface area contributed by atoms with Crippen LogP contribution in [-0.4, -0.2) is 30.8 Å². The van der Waals surface area contributed by atoms with E-state index in [2.05, 4.69) is 5.32 Å². The number of carbonyl (C=O) groups is 1. The fraction of sp³-hybridized carbons (Fsp3) is 0.500. The van der Waals surface area contributed by atoms with E-state index in [1.807, 2.05) is 0 Å². The molecule has 2 unspecified atom stereocenters. The SMILES string of the molecule is COc1c(Cl)cc(C(=O)NCC2CCC(O)C2)cc1Cl. The first-order valence-corrected chi connectivity index (χ1v) is 7.26. The van der Waals surface area contributed by atoms with Gasteiger partial charge in [0.2, 0.25) is 0 Å². The van der Waals surface area contributed by atoms with Crippen molar-refractivity contribution >= 4 is 29.1 Å². The number of carbonyl (C=O) groups excluding carboxylic acids is 1. The molecule has 1 aromatic rings. The van der Waals surface area contributed by atoms with E-state index in [0.29, 0.717) is 33.8 Å². The molecule has 1 fully saturated rings. The summed E-state index contributed by atoms with van der Waals surface area (Å²) in [5.41, 5.74) is 0.402. The fourth-order valence-corrected chi connectivity index (χ4v) is 3.10. The largest absolute Gasteiger partial charge is 0.494 e. The normalized spacial score (nSPS) is 21.8. The maximum absolute atomic E-state index is 12.1. The lowest BCUT2D eigenvalue weighted by molar-refractivity contribution is 0.0945. The molecule has 0 radical (unpaired) electrons. The minimum atomic E-state index is -0.234. The second-order valence-electron chi connectivity index (χ2n) is 5.02. The Morgan fingerprint density at radius 3 is 2.55 bits per heavy atom. The number of aliphatic hydroxyl groups excluding tert-OH is 1. The molecule has 110 valence electrons. The number of halogens is 2. The van der Waals surface area contributed by atoms with Crippen LogP contribution in [0.4, 0.5) is 0 Å². The van der Waals surface area contributed by atoms with Gasteiger partial charge in [0.25, 0.3) is 5.91 Å². The van der Waals surface area contributed by atoms with Gasteiger partial charge in [-0.2, -0.15) is 0 Å². The molecule has 2 atom stereocenters. The van der Waals surface area contributed by atoms with Crippen molar-refractivity contribution in [1.82, 2.24) is 5.32 Å². The van der Waals surface area contributed by atoms with Crippen molar-refractivity contribution in [2.24, 2.45) is 5.92 Å². The lowest BCUT2D eigenvalue weighted by Gasteiger charge is -2.12. The Kier molecular flexibility index (Phi) is 5.13. The van der Waals surface area contributed by atoms with Crippen LogP contribution in [0.1, 0.15) is 29.6 Å². The van der Waals surface area contributed by atoms with Gasteiger partial charge in [0.15, 0.2) is 5.75 Å². The molecule has 2 N–H and O–H groups in total. The van der Waals surface area contributed by atoms with Gasteiger partial charge >= 0.3 is 0 Å². The van der Waals surface area contributed by atoms with Crippen LogP contribution in [0.2, 0.25) is 10.0 Å². The molecule has 20 heavy (non-hydrogen) atoms. The third-order valence-corrected chi connectivity index (χ3v) is 4.09. The van der Waals surface area contributed by atoms with E-state index >= 15 is 0 Å². The van der Waals surface area contributed by atoms with Crippen LogP contribution in [0.15, 0.2) is 12.1 Å². The predicted molar refractivity (Wildman–Crippen MR) is 78.7 cm³/mol. The summed E-state index contributed by atoms with van der Waals surface area (Å²) in [7, 11) is 1.47. The highest BCUT2D eigenvalue weighted by Crippen LogP contribution is 2.33. The third kappa shape index (κ3) is 3.57. The standard InChI is InChI=1S/C14H17Cl2NO3/c1-20-13-11(15)5-9(6-12(13)16)14(19)17-7-8-2-3-10(18)4-8/h5-6,8,10,18H,2-4,7H2,1H3,(H,17,19). The van der Waals surface area contributed by atoms with Crippen molar-refractivity contribution in [3.05, 3.63) is 27.7 Å². The highest BCUT2D eigenvalue weighted by Gasteiger charge is 2.23. The average molecular weight is 318 g/mol. The monoisotopic (exact) mass is 317 g/mol. The van der Waals surface area contributed by atoms with Gasteiger partial charge in [0, 0.05) is 12.1 Å². The summed E-state index contributed by atoms with van der Waals surface area (Å²) in [6, 6.07) is 3.07. The van der Waals surface area contributed by atoms with E-state index in [1.54, 1.807) is 0 Å². The molecule has 0 saturated heterocycles. The van der Waals surface area contributed by atoms with Crippen molar-refractivity contribution in [1.29, 1.82) is 0 Å². The highest BCUT2D eigenvalue weighted by molar-refractivity contribution is 6.37. The Balaban J connectivity index is 1.99. The molecule has 0 spiro atoms. The number of hydrogen-bond donors (Lipinski definition) is 2. The summed E-state index contributed by atoms with van der Waals surface area (Å²) in [5.74, 6) is 0.472. The Hall–Kier alpha value is -0.970. The van der Waals surface area contributed by atoms with Crippen LogP contribution in [-0.2, 0) is 0 Å². The smallest absolute Gasteiger partial charge is 0.251 e. The number of methoxy groups -OCH3 is 1. The zero-order valence-corrected chi connectivity index (χ0v) is 12.7. The van der Waals surface area contributed by atoms with Gasteiger partial charge in [-0.25, -0.2) is 0 Å². The average Bonchev–Trinajstić information content (AvgIpc) is 2.81. The van der Waals surface area contributed by atoms with Gasteiger partial charge in [-0.05, 0) is 37.3 Å². The molecule has 4 nitrogen and oxygen atoms in total. The predicted octanol–water partition coefficient (Wildman–Crippen LogP) is 2.89. The first kappa shape index (κ1) is 15.4. The van der Waals surface area contributed by atoms with Gasteiger partial charge in [-0.3, -0.25) is 4.79 Å². The van der Waals surface area contributed by atoms with Gasteiger partial charge in [-0.15, -0.1) is 0 Å². The molecule has 0 heterocycles. The summed E-state index contributed by atoms with van der Waals surface area (Å²) < 4.78 is 5.04. The summed E-state index contributed by atoms with van der Waals surface area (Å²) in [6.45, 7) is 0.553. The first-order valence-electron chi connectivity index (χ1n) is 6.50. The molecule has 1 aliphatic rings. The van der Waals surface area contributed by atoms with E-state index < -0.39 is 0 Å². The molecular weight excluding hydrogens is 301 g/mol. The zero-order chi connectivity index (χ0) is 14.7. The molecule has 1 saturated carbocycles. The minimum absolute atomic E-state index is 0.224. The Morgan fingerprint density at radius 2 is 2.05 bits per heavy atom. The van der Waals surface area contributed by atoms with Crippen molar-refractivity contribution in [3.63, 3.8) is 0 Å². The van der Waals surface area contributed by atoms with Crippen molar-refractivity contribution < 1.29 is 14.6 Å². The van der Waals surface area contributed by atoms with E-state index in [1.165, 1.54) is 19.2 Å². The van der Waals surface area contributed by atoms with Crippen LogP contribution in [0.3, 0.4) is 0 Å². The fourth-order valence-electron chi connectivity index (χ4n) is 2.46. The van der Waals surface area contributed by atoms with Gasteiger partial charge in [0.1, 0.15) is 0 Å². The maximum Gasteiger partial charge on any atom is 0.251 e. The number of rotatable bonds is 4. The molecule has 1 aliphatic carbocycles. The lowest BCUT2D eigenvalue weighted by atomic mass is 10.1. The van der Waals surface area contributed by atoms with Crippen LogP contribution < -0.4 is 10.1 Å². The topological polar surface area (TPSA) is 58.6 Å². The number of aliphatic hydroxyl groups is 1. The van der Waals surface area contributed by atoms with Crippen LogP contribution >= 0.6 is 23.2 Å². The Labute approximate surface area is 128 Å². The van der Waals surface area contributed by atoms with Crippen molar-refractivity contribution in [2.45, 2.75) is 25.4 Å². The number of ether oxygens (including phenoxy) is 1. The zero-order valence-electron chi connectivity index (χ0n) is 11.2. The Morgan fingerprint density at radius 1 is 1.40 bits per heavy atom. The lowest BCUT2D eigenvalue weighted by Crippen LogP contribution is -2.28. The van der Waals surface area contributed by atoms with E-state index in [4.69, 9.17) is 27.9 Å². The molecule has 2 rings (SSSR count). The van der Waals surface area contributed by atoms with Crippen LogP contribution in [0.5, 0.6) is 5.75 Å². The molecule has 0 bridgehead atoms. The third-order valence-electron chi connectivity index (χ3n) is 3.53. The highest BCUT2D eigenvalue weighted by atomic mass is 35.5. The van der Waals surface area contributed by atoms with E-state index in [9.17, 15) is 9.90 Å². The molecule has 1 aromatic carbocycles. The quantitative estimate of drug-likeness (QED) is 0.897.